The maximum Gasteiger partial charge on any atom is 0.122 e. The molecule has 1 spiro atoms. The van der Waals surface area contributed by atoms with Crippen LogP contribution in [-0.2, 0) is 13.6 Å². The van der Waals surface area contributed by atoms with Crippen molar-refractivity contribution in [2.24, 2.45) is 12.5 Å². The first kappa shape index (κ1) is 10.3. The highest BCUT2D eigenvalue weighted by molar-refractivity contribution is 5.10. The van der Waals surface area contributed by atoms with Crippen molar-refractivity contribution in [1.29, 1.82) is 0 Å². The van der Waals surface area contributed by atoms with Crippen LogP contribution in [0.3, 0.4) is 0 Å². The van der Waals surface area contributed by atoms with Gasteiger partial charge < -0.3 is 15.2 Å². The molecule has 16 heavy (non-hydrogen) atoms. The van der Waals surface area contributed by atoms with E-state index < -0.39 is 0 Å². The maximum absolute atomic E-state index is 4.34. The van der Waals surface area contributed by atoms with Gasteiger partial charge in [-0.1, -0.05) is 0 Å². The van der Waals surface area contributed by atoms with Gasteiger partial charge in [0.25, 0.3) is 0 Å². The summed E-state index contributed by atoms with van der Waals surface area (Å²) in [6.45, 7) is 3.30. The van der Waals surface area contributed by atoms with Gasteiger partial charge in [0, 0.05) is 25.5 Å². The first-order chi connectivity index (χ1) is 7.80. The Balaban J connectivity index is 1.52. The molecule has 2 aliphatic rings. The minimum Gasteiger partial charge on any atom is -0.337 e. The molecule has 4 nitrogen and oxygen atoms in total. The average Bonchev–Trinajstić information content (AvgIpc) is 2.78. The van der Waals surface area contributed by atoms with Crippen LogP contribution in [0.5, 0.6) is 0 Å². The first-order valence-corrected chi connectivity index (χ1v) is 6.20. The Labute approximate surface area is 96.4 Å². The van der Waals surface area contributed by atoms with E-state index in [1.165, 1.54) is 32.4 Å². The van der Waals surface area contributed by atoms with E-state index in [2.05, 4.69) is 27.2 Å². The third kappa shape index (κ3) is 1.76. The van der Waals surface area contributed by atoms with E-state index in [1.807, 2.05) is 12.4 Å². The van der Waals surface area contributed by atoms with E-state index >= 15 is 0 Å². The van der Waals surface area contributed by atoms with E-state index in [4.69, 9.17) is 0 Å². The van der Waals surface area contributed by atoms with Gasteiger partial charge in [0.2, 0.25) is 0 Å². The summed E-state index contributed by atoms with van der Waals surface area (Å²) in [5.41, 5.74) is 0.621. The molecule has 0 amide bonds. The molecular weight excluding hydrogens is 200 g/mol. The zero-order valence-corrected chi connectivity index (χ0v) is 9.87. The van der Waals surface area contributed by atoms with Gasteiger partial charge in [0.05, 0.1) is 6.54 Å². The van der Waals surface area contributed by atoms with Crippen LogP contribution >= 0.6 is 0 Å². The molecule has 1 aromatic rings. The second-order valence-electron chi connectivity index (χ2n) is 5.20. The van der Waals surface area contributed by atoms with Gasteiger partial charge in [-0.15, -0.1) is 0 Å². The van der Waals surface area contributed by atoms with Crippen LogP contribution < -0.4 is 10.6 Å². The molecule has 88 valence electrons. The normalized spacial score (nSPS) is 27.2. The number of aryl methyl sites for hydroxylation is 1. The standard InChI is InChI=1S/C12H20N4/c1-16-7-6-14-11(16)9-15-10-8-12(10)2-4-13-5-3-12/h6-7,10,13,15H,2-5,8-9H2,1H3. The zero-order valence-electron chi connectivity index (χ0n) is 9.87. The summed E-state index contributed by atoms with van der Waals surface area (Å²) in [5.74, 6) is 1.14. The number of nitrogens with zero attached hydrogens (tertiary/aromatic N) is 2. The molecule has 1 atom stereocenters. The van der Waals surface area contributed by atoms with Gasteiger partial charge in [0.1, 0.15) is 5.82 Å². The lowest BCUT2D eigenvalue weighted by molar-refractivity contribution is 0.327. The van der Waals surface area contributed by atoms with Crippen LogP contribution in [0.1, 0.15) is 25.1 Å². The number of imidazole rings is 1. The van der Waals surface area contributed by atoms with E-state index in [0.717, 1.165) is 18.4 Å². The summed E-state index contributed by atoms with van der Waals surface area (Å²) >= 11 is 0. The molecule has 0 bridgehead atoms. The highest BCUT2D eigenvalue weighted by Gasteiger charge is 2.53. The lowest BCUT2D eigenvalue weighted by Crippen LogP contribution is -2.33. The molecule has 1 unspecified atom stereocenters. The molecule has 1 aliphatic heterocycles. The zero-order chi connectivity index (χ0) is 11.0. The Kier molecular flexibility index (Phi) is 2.48. The fourth-order valence-electron chi connectivity index (χ4n) is 2.89. The van der Waals surface area contributed by atoms with E-state index in [-0.39, 0.29) is 0 Å². The van der Waals surface area contributed by atoms with E-state index in [9.17, 15) is 0 Å². The first-order valence-electron chi connectivity index (χ1n) is 6.20. The van der Waals surface area contributed by atoms with Crippen molar-refractivity contribution < 1.29 is 0 Å². The Bertz CT molecular complexity index is 365. The minimum absolute atomic E-state index is 0.621. The monoisotopic (exact) mass is 220 g/mol. The molecule has 1 saturated heterocycles. The van der Waals surface area contributed by atoms with Crippen LogP contribution in [0.15, 0.2) is 12.4 Å². The van der Waals surface area contributed by atoms with Crippen LogP contribution in [0.4, 0.5) is 0 Å². The number of rotatable bonds is 3. The summed E-state index contributed by atoms with van der Waals surface area (Å²) in [7, 11) is 2.05. The van der Waals surface area contributed by atoms with Gasteiger partial charge in [-0.25, -0.2) is 4.98 Å². The Hall–Kier alpha value is -0.870. The van der Waals surface area contributed by atoms with E-state index in [1.54, 1.807) is 0 Å². The van der Waals surface area contributed by atoms with Crippen molar-refractivity contribution in [2.45, 2.75) is 31.8 Å². The predicted octanol–water partition coefficient (Wildman–Crippen LogP) is 0.652. The molecule has 2 N–H and O–H groups in total. The Morgan fingerprint density at radius 1 is 1.56 bits per heavy atom. The lowest BCUT2D eigenvalue weighted by Gasteiger charge is -2.23. The predicted molar refractivity (Wildman–Crippen MR) is 63.0 cm³/mol. The van der Waals surface area contributed by atoms with Crippen LogP contribution in [-0.4, -0.2) is 28.7 Å². The SMILES string of the molecule is Cn1ccnc1CNC1CC12CCNCC2. The number of hydrogen-bond donors (Lipinski definition) is 2. The minimum atomic E-state index is 0.621. The summed E-state index contributed by atoms with van der Waals surface area (Å²) in [4.78, 5) is 4.34. The summed E-state index contributed by atoms with van der Waals surface area (Å²) in [5, 5.41) is 7.08. The van der Waals surface area contributed by atoms with Gasteiger partial charge in [-0.2, -0.15) is 0 Å². The quantitative estimate of drug-likeness (QED) is 0.786. The molecule has 2 fully saturated rings. The highest BCUT2D eigenvalue weighted by Crippen LogP contribution is 2.52. The van der Waals surface area contributed by atoms with Gasteiger partial charge in [0.15, 0.2) is 0 Å². The number of aromatic nitrogens is 2. The largest absolute Gasteiger partial charge is 0.337 e. The van der Waals surface area contributed by atoms with Crippen LogP contribution in [0, 0.1) is 5.41 Å². The van der Waals surface area contributed by atoms with Crippen molar-refractivity contribution in [3.63, 3.8) is 0 Å². The Morgan fingerprint density at radius 3 is 3.06 bits per heavy atom. The molecule has 0 radical (unpaired) electrons. The highest BCUT2D eigenvalue weighted by atomic mass is 15.1. The van der Waals surface area contributed by atoms with Crippen molar-refractivity contribution >= 4 is 0 Å². The average molecular weight is 220 g/mol. The van der Waals surface area contributed by atoms with Gasteiger partial charge in [-0.3, -0.25) is 0 Å². The second kappa shape index (κ2) is 3.86. The number of hydrogen-bond acceptors (Lipinski definition) is 3. The second-order valence-corrected chi connectivity index (χ2v) is 5.20. The smallest absolute Gasteiger partial charge is 0.122 e. The third-order valence-electron chi connectivity index (χ3n) is 4.22. The molecule has 4 heteroatoms. The fourth-order valence-corrected chi connectivity index (χ4v) is 2.89. The molecular formula is C12H20N4. The Morgan fingerprint density at radius 2 is 2.38 bits per heavy atom. The molecule has 1 aromatic heterocycles. The maximum atomic E-state index is 4.34. The summed E-state index contributed by atoms with van der Waals surface area (Å²) in [6, 6.07) is 0.728. The summed E-state index contributed by atoms with van der Waals surface area (Å²) < 4.78 is 2.09. The molecule has 0 aromatic carbocycles. The van der Waals surface area contributed by atoms with Gasteiger partial charge >= 0.3 is 0 Å². The van der Waals surface area contributed by atoms with Crippen molar-refractivity contribution in [3.05, 3.63) is 18.2 Å². The van der Waals surface area contributed by atoms with Crippen molar-refractivity contribution in [2.75, 3.05) is 13.1 Å². The molecule has 2 heterocycles. The number of piperidine rings is 1. The number of nitrogens with one attached hydrogen (secondary N) is 2. The third-order valence-corrected chi connectivity index (χ3v) is 4.22. The molecule has 1 aliphatic carbocycles. The van der Waals surface area contributed by atoms with Crippen LogP contribution in [0.25, 0.3) is 0 Å². The summed E-state index contributed by atoms with van der Waals surface area (Å²) in [6.07, 6.45) is 7.91. The molecule has 1 saturated carbocycles. The topological polar surface area (TPSA) is 41.9 Å². The lowest BCUT2D eigenvalue weighted by atomic mass is 9.94. The van der Waals surface area contributed by atoms with Crippen molar-refractivity contribution in [3.8, 4) is 0 Å². The fraction of sp³-hybridized carbons (Fsp3) is 0.750. The van der Waals surface area contributed by atoms with Crippen molar-refractivity contribution in [1.82, 2.24) is 20.2 Å². The van der Waals surface area contributed by atoms with Crippen LogP contribution in [0.2, 0.25) is 0 Å². The van der Waals surface area contributed by atoms with E-state index in [0.29, 0.717) is 5.41 Å². The van der Waals surface area contributed by atoms with Gasteiger partial charge in [-0.05, 0) is 37.8 Å². The molecule has 3 rings (SSSR count).